The summed E-state index contributed by atoms with van der Waals surface area (Å²) >= 11 is 0. The lowest BCUT2D eigenvalue weighted by atomic mass is 10.1. The van der Waals surface area contributed by atoms with Gasteiger partial charge in [-0.2, -0.15) is 5.10 Å². The van der Waals surface area contributed by atoms with E-state index in [0.29, 0.717) is 75.3 Å². The number of carbonyl (C=O) groups is 2. The van der Waals surface area contributed by atoms with Crippen molar-refractivity contribution >= 4 is 23.5 Å². The van der Waals surface area contributed by atoms with Crippen LogP contribution in [0.15, 0.2) is 23.4 Å². The molecular weight excluding hydrogens is 462 g/mol. The highest BCUT2D eigenvalue weighted by atomic mass is 16.6. The summed E-state index contributed by atoms with van der Waals surface area (Å²) in [5.74, 6) is 8.55. The van der Waals surface area contributed by atoms with Gasteiger partial charge in [-0.25, -0.2) is 9.78 Å². The Hall–Kier alpha value is -3.16. The van der Waals surface area contributed by atoms with E-state index >= 15 is 0 Å². The largest absolute Gasteiger partial charge is 0.449 e. The molecule has 36 heavy (non-hydrogen) atoms. The van der Waals surface area contributed by atoms with Gasteiger partial charge < -0.3 is 24.8 Å². The van der Waals surface area contributed by atoms with Crippen LogP contribution in [0.25, 0.3) is 0 Å². The molecule has 0 aromatic carbocycles. The van der Waals surface area contributed by atoms with Crippen molar-refractivity contribution in [1.82, 2.24) is 15.6 Å². The highest BCUT2D eigenvalue weighted by Gasteiger charge is 2.49. The van der Waals surface area contributed by atoms with E-state index in [2.05, 4.69) is 38.0 Å². The number of nitrogens with one attached hydrogen (secondary N) is 3. The number of aromatic nitrogens is 1. The highest BCUT2D eigenvalue weighted by molar-refractivity contribution is 5.94. The average Bonchev–Trinajstić information content (AvgIpc) is 3.51. The number of nitrogens with zero attached hydrogens (tertiary/aromatic N) is 2. The fourth-order valence-corrected chi connectivity index (χ4v) is 4.15. The highest BCUT2D eigenvalue weighted by Crippen LogP contribution is 2.52. The van der Waals surface area contributed by atoms with Crippen LogP contribution in [0.4, 0.5) is 10.6 Å². The van der Waals surface area contributed by atoms with Crippen LogP contribution in [0.2, 0.25) is 0 Å². The number of alkyl carbamates (subject to hydrolysis) is 1. The third kappa shape index (κ3) is 9.84. The topological polar surface area (TPSA) is 123 Å². The van der Waals surface area contributed by atoms with Crippen molar-refractivity contribution in [1.29, 1.82) is 0 Å². The molecule has 0 spiro atoms. The molecule has 1 saturated carbocycles. The summed E-state index contributed by atoms with van der Waals surface area (Å²) in [6.07, 6.45) is 5.25. The molecule has 1 fully saturated rings. The Bertz CT molecular complexity index is 918. The van der Waals surface area contributed by atoms with Crippen LogP contribution in [0.1, 0.15) is 49.9 Å². The Balaban J connectivity index is 1.12. The molecule has 10 nitrogen and oxygen atoms in total. The third-order valence-corrected chi connectivity index (χ3v) is 6.09. The molecule has 2 aliphatic rings. The molecule has 0 aliphatic heterocycles. The zero-order valence-corrected chi connectivity index (χ0v) is 21.2. The first kappa shape index (κ1) is 27.4. The first-order chi connectivity index (χ1) is 17.5. The molecule has 196 valence electrons. The van der Waals surface area contributed by atoms with Crippen molar-refractivity contribution in [3.05, 3.63) is 23.9 Å². The summed E-state index contributed by atoms with van der Waals surface area (Å²) in [7, 11) is 0. The number of ether oxygens (including phenoxy) is 3. The first-order valence-corrected chi connectivity index (χ1v) is 12.6. The molecule has 0 saturated heterocycles. The van der Waals surface area contributed by atoms with Crippen LogP contribution < -0.4 is 16.1 Å². The lowest BCUT2D eigenvalue weighted by Gasteiger charge is -2.09. The van der Waals surface area contributed by atoms with Gasteiger partial charge in [-0.1, -0.05) is 0 Å². The molecule has 1 aromatic heterocycles. The summed E-state index contributed by atoms with van der Waals surface area (Å²) in [6.45, 7) is 6.53. The minimum Gasteiger partial charge on any atom is -0.449 e. The van der Waals surface area contributed by atoms with Gasteiger partial charge in [0.05, 0.1) is 38.6 Å². The lowest BCUT2D eigenvalue weighted by molar-refractivity contribution is 0.0486. The normalized spacial score (nSPS) is 19.9. The van der Waals surface area contributed by atoms with Gasteiger partial charge in [0.15, 0.2) is 0 Å². The maximum absolute atomic E-state index is 12.1. The van der Waals surface area contributed by atoms with Crippen molar-refractivity contribution in [2.24, 2.45) is 22.9 Å². The van der Waals surface area contributed by atoms with Crippen LogP contribution in [-0.2, 0) is 14.2 Å². The molecule has 0 bridgehead atoms. The van der Waals surface area contributed by atoms with Gasteiger partial charge in [0.25, 0.3) is 5.91 Å². The molecule has 3 N–H and O–H groups in total. The fraction of sp³-hybridized carbons (Fsp3) is 0.615. The van der Waals surface area contributed by atoms with Gasteiger partial charge in [-0.05, 0) is 56.6 Å². The second kappa shape index (κ2) is 15.1. The van der Waals surface area contributed by atoms with Crippen LogP contribution in [0.5, 0.6) is 0 Å². The Morgan fingerprint density at radius 1 is 1.00 bits per heavy atom. The van der Waals surface area contributed by atoms with E-state index in [1.54, 1.807) is 12.1 Å². The van der Waals surface area contributed by atoms with Gasteiger partial charge in [0.2, 0.25) is 0 Å². The molecule has 2 aliphatic carbocycles. The average molecular weight is 500 g/mol. The molecule has 10 heteroatoms. The molecule has 3 rings (SSSR count). The van der Waals surface area contributed by atoms with E-state index in [0.717, 1.165) is 31.4 Å². The van der Waals surface area contributed by atoms with Crippen molar-refractivity contribution in [2.45, 2.75) is 39.5 Å². The summed E-state index contributed by atoms with van der Waals surface area (Å²) in [4.78, 5) is 28.2. The number of anilines is 1. The van der Waals surface area contributed by atoms with Crippen LogP contribution in [0.3, 0.4) is 0 Å². The maximum atomic E-state index is 12.1. The third-order valence-electron chi connectivity index (χ3n) is 6.09. The summed E-state index contributed by atoms with van der Waals surface area (Å²) < 4.78 is 16.3. The van der Waals surface area contributed by atoms with E-state index in [1.807, 2.05) is 13.8 Å². The van der Waals surface area contributed by atoms with Crippen molar-refractivity contribution < 1.29 is 23.8 Å². The lowest BCUT2D eigenvalue weighted by Crippen LogP contribution is -2.29. The van der Waals surface area contributed by atoms with Crippen LogP contribution in [-0.4, -0.2) is 68.8 Å². The van der Waals surface area contributed by atoms with Gasteiger partial charge in [0.1, 0.15) is 5.82 Å². The van der Waals surface area contributed by atoms with E-state index in [9.17, 15) is 9.59 Å². The minimum absolute atomic E-state index is 0.220. The molecule has 1 aromatic rings. The number of hydrogen-bond donors (Lipinski definition) is 3. The molecule has 3 atom stereocenters. The van der Waals surface area contributed by atoms with E-state index < -0.39 is 6.09 Å². The van der Waals surface area contributed by atoms with Crippen molar-refractivity contribution in [3.63, 3.8) is 0 Å². The molecule has 1 unspecified atom stereocenters. The van der Waals surface area contributed by atoms with Gasteiger partial charge in [-0.15, -0.1) is 11.8 Å². The predicted molar refractivity (Wildman–Crippen MR) is 137 cm³/mol. The SMILES string of the molecule is CC(C)=NNc1ccc(C(=O)NCCOCCOCCNC(=O)OCC2[C@H]3CCC#CCC[C@@H]23)cn1. The van der Waals surface area contributed by atoms with E-state index in [4.69, 9.17) is 14.2 Å². The van der Waals surface area contributed by atoms with Gasteiger partial charge >= 0.3 is 6.09 Å². The van der Waals surface area contributed by atoms with Gasteiger partial charge in [-0.3, -0.25) is 10.2 Å². The Labute approximate surface area is 212 Å². The van der Waals surface area contributed by atoms with Crippen LogP contribution in [0, 0.1) is 29.6 Å². The molecule has 0 radical (unpaired) electrons. The Morgan fingerprint density at radius 3 is 2.28 bits per heavy atom. The molecule has 1 heterocycles. The Morgan fingerprint density at radius 2 is 1.67 bits per heavy atom. The Kier molecular flexibility index (Phi) is 11.5. The standard InChI is InChI=1S/C26H37N5O5/c1-19(2)30-31-24-10-9-20(17-29-24)25(32)27-11-13-34-15-16-35-14-12-28-26(33)36-18-23-21-7-5-3-4-6-8-22(21)23/h9-10,17,21-23H,5-8,11-16,18H2,1-2H3,(H,27,32)(H,28,33)(H,29,31)/t21-,22+,23?. The maximum Gasteiger partial charge on any atom is 0.407 e. The zero-order chi connectivity index (χ0) is 25.6. The number of carbonyl (C=O) groups excluding carboxylic acids is 2. The van der Waals surface area contributed by atoms with Crippen molar-refractivity contribution in [3.8, 4) is 11.8 Å². The zero-order valence-electron chi connectivity index (χ0n) is 21.2. The fourth-order valence-electron chi connectivity index (χ4n) is 4.15. The van der Waals surface area contributed by atoms with Crippen molar-refractivity contribution in [2.75, 3.05) is 51.5 Å². The van der Waals surface area contributed by atoms with E-state index in [1.165, 1.54) is 6.20 Å². The number of hydrazone groups is 1. The number of hydrogen-bond acceptors (Lipinski definition) is 8. The van der Waals surface area contributed by atoms with Gasteiger partial charge in [0, 0.05) is 37.8 Å². The van der Waals surface area contributed by atoms with E-state index in [-0.39, 0.29) is 5.91 Å². The number of rotatable bonds is 14. The predicted octanol–water partition coefficient (Wildman–Crippen LogP) is 2.82. The smallest absolute Gasteiger partial charge is 0.407 e. The number of amides is 2. The molecule has 2 amide bonds. The second-order valence-corrected chi connectivity index (χ2v) is 9.03. The molecular formula is C26H37N5O5. The van der Waals surface area contributed by atoms with Crippen LogP contribution >= 0.6 is 0 Å². The first-order valence-electron chi connectivity index (χ1n) is 12.6. The summed E-state index contributed by atoms with van der Waals surface area (Å²) in [6, 6.07) is 3.38. The monoisotopic (exact) mass is 499 g/mol. The summed E-state index contributed by atoms with van der Waals surface area (Å²) in [5, 5.41) is 9.55. The minimum atomic E-state index is -0.397. The number of fused-ring (bicyclic) bond motifs is 1. The number of pyridine rings is 1. The quantitative estimate of drug-likeness (QED) is 0.156. The summed E-state index contributed by atoms with van der Waals surface area (Å²) in [5.41, 5.74) is 4.15. The second-order valence-electron chi connectivity index (χ2n) is 9.03.